The second-order valence-electron chi connectivity index (χ2n) is 6.74. The first kappa shape index (κ1) is 18.4. The second kappa shape index (κ2) is 7.09. The molecule has 1 aliphatic carbocycles. The van der Waals surface area contributed by atoms with Gasteiger partial charge >= 0.3 is 6.18 Å². The Morgan fingerprint density at radius 2 is 1.92 bits per heavy atom. The van der Waals surface area contributed by atoms with Crippen LogP contribution in [0.2, 0.25) is 0 Å². The van der Waals surface area contributed by atoms with Crippen molar-refractivity contribution in [2.75, 3.05) is 0 Å². The van der Waals surface area contributed by atoms with Gasteiger partial charge in [-0.15, -0.1) is 0 Å². The number of alkyl halides is 3. The van der Waals surface area contributed by atoms with E-state index in [0.717, 1.165) is 41.7 Å². The monoisotopic (exact) mass is 362 g/mol. The molecule has 2 atom stereocenters. The summed E-state index contributed by atoms with van der Waals surface area (Å²) in [6.45, 7) is 3.90. The smallest absolute Gasteiger partial charge is 0.349 e. The van der Waals surface area contributed by atoms with Gasteiger partial charge in [-0.2, -0.15) is 13.2 Å². The summed E-state index contributed by atoms with van der Waals surface area (Å²) < 4.78 is 38.4. The van der Waals surface area contributed by atoms with E-state index in [4.69, 9.17) is 0 Å². The molecule has 0 bridgehead atoms. The number of amides is 1. The van der Waals surface area contributed by atoms with Gasteiger partial charge in [0.2, 0.25) is 5.91 Å². The summed E-state index contributed by atoms with van der Waals surface area (Å²) in [5.74, 6) is 0.261. The largest absolute Gasteiger partial charge is 0.416 e. The minimum Gasteiger partial charge on any atom is -0.349 e. The normalized spacial score (nSPS) is 19.7. The third kappa shape index (κ3) is 3.59. The van der Waals surface area contributed by atoms with Gasteiger partial charge in [0, 0.05) is 24.4 Å². The molecule has 1 aromatic heterocycles. The van der Waals surface area contributed by atoms with Gasteiger partial charge in [0.15, 0.2) is 0 Å². The fourth-order valence-electron chi connectivity index (χ4n) is 3.48. The molecule has 6 heteroatoms. The van der Waals surface area contributed by atoms with Gasteiger partial charge in [-0.05, 0) is 47.6 Å². The summed E-state index contributed by atoms with van der Waals surface area (Å²) in [4.78, 5) is 16.2. The molecule has 0 unspecified atom stereocenters. The minimum atomic E-state index is -4.35. The minimum absolute atomic E-state index is 0.0189. The lowest BCUT2D eigenvalue weighted by Gasteiger charge is -2.33. The van der Waals surface area contributed by atoms with Crippen LogP contribution in [0, 0.1) is 5.92 Å². The fraction of sp³-hybridized carbons (Fsp3) is 0.400. The van der Waals surface area contributed by atoms with E-state index in [2.05, 4.69) is 17.2 Å². The molecule has 0 saturated carbocycles. The molecule has 138 valence electrons. The molecule has 1 N–H and O–H groups in total. The summed E-state index contributed by atoms with van der Waals surface area (Å²) in [5.41, 5.74) is 2.89. The number of carbonyl (C=O) groups is 1. The van der Waals surface area contributed by atoms with E-state index < -0.39 is 11.7 Å². The predicted octanol–water partition coefficient (Wildman–Crippen LogP) is 4.92. The number of hydrogen-bond acceptors (Lipinski definition) is 2. The zero-order valence-electron chi connectivity index (χ0n) is 14.7. The van der Waals surface area contributed by atoms with Gasteiger partial charge in [-0.25, -0.2) is 0 Å². The van der Waals surface area contributed by atoms with Crippen LogP contribution in [0.1, 0.15) is 49.4 Å². The summed E-state index contributed by atoms with van der Waals surface area (Å²) in [5, 5.41) is 3.05. The second-order valence-corrected chi connectivity index (χ2v) is 6.74. The van der Waals surface area contributed by atoms with Crippen molar-refractivity contribution in [3.05, 3.63) is 53.3 Å². The van der Waals surface area contributed by atoms with Gasteiger partial charge in [0.1, 0.15) is 0 Å². The first-order chi connectivity index (χ1) is 12.3. The zero-order valence-corrected chi connectivity index (χ0v) is 14.7. The van der Waals surface area contributed by atoms with Gasteiger partial charge in [-0.1, -0.05) is 26.0 Å². The molecule has 1 heterocycles. The molecule has 3 nitrogen and oxygen atoms in total. The highest BCUT2D eigenvalue weighted by Crippen LogP contribution is 2.39. The van der Waals surface area contributed by atoms with Gasteiger partial charge in [0.25, 0.3) is 0 Å². The van der Waals surface area contributed by atoms with E-state index in [1.807, 2.05) is 0 Å². The number of rotatable bonds is 3. The van der Waals surface area contributed by atoms with Crippen molar-refractivity contribution in [2.45, 2.75) is 45.3 Å². The van der Waals surface area contributed by atoms with Crippen LogP contribution in [0.5, 0.6) is 0 Å². The Morgan fingerprint density at radius 1 is 1.23 bits per heavy atom. The quantitative estimate of drug-likeness (QED) is 0.842. The van der Waals surface area contributed by atoms with Crippen molar-refractivity contribution >= 4 is 5.91 Å². The van der Waals surface area contributed by atoms with E-state index >= 15 is 0 Å². The highest BCUT2D eigenvalue weighted by atomic mass is 19.4. The average Bonchev–Trinajstić information content (AvgIpc) is 2.62. The van der Waals surface area contributed by atoms with Crippen molar-refractivity contribution in [1.82, 2.24) is 10.3 Å². The molecule has 1 amide bonds. The van der Waals surface area contributed by atoms with Crippen LogP contribution >= 0.6 is 0 Å². The van der Waals surface area contributed by atoms with Gasteiger partial charge in [-0.3, -0.25) is 9.78 Å². The standard InChI is InChI=1S/C20H21F3N2O/c1-3-18(26)25-19-12(2)4-9-15-16(10-24-11-17(15)19)13-5-7-14(8-6-13)20(21,22)23/h5-8,10-12,19H,3-4,9H2,1-2H3,(H,25,26)/t12-,19-/m0/s1. The molecule has 26 heavy (non-hydrogen) atoms. The van der Waals surface area contributed by atoms with Crippen molar-refractivity contribution in [3.63, 3.8) is 0 Å². The van der Waals surface area contributed by atoms with Crippen LogP contribution in [-0.4, -0.2) is 10.9 Å². The predicted molar refractivity (Wildman–Crippen MR) is 93.3 cm³/mol. The molecule has 1 aromatic carbocycles. The Kier molecular flexibility index (Phi) is 5.03. The van der Waals surface area contributed by atoms with Crippen molar-refractivity contribution in [1.29, 1.82) is 0 Å². The van der Waals surface area contributed by atoms with Gasteiger partial charge < -0.3 is 5.32 Å². The number of fused-ring (bicyclic) bond motifs is 1. The Bertz CT molecular complexity index is 800. The molecule has 0 fully saturated rings. The Morgan fingerprint density at radius 3 is 2.54 bits per heavy atom. The molecule has 0 spiro atoms. The molecule has 3 rings (SSSR count). The number of benzene rings is 1. The SMILES string of the molecule is CCC(=O)N[C@@H]1c2cncc(-c3ccc(C(F)(F)F)cc3)c2CC[C@@H]1C. The first-order valence-corrected chi connectivity index (χ1v) is 8.75. The Labute approximate surface area is 150 Å². The van der Waals surface area contributed by atoms with Crippen LogP contribution in [0.3, 0.4) is 0 Å². The van der Waals surface area contributed by atoms with Crippen molar-refractivity contribution < 1.29 is 18.0 Å². The third-order valence-corrected chi connectivity index (χ3v) is 5.01. The highest BCUT2D eigenvalue weighted by molar-refractivity contribution is 5.76. The fourth-order valence-corrected chi connectivity index (χ4v) is 3.48. The van der Waals surface area contributed by atoms with E-state index in [1.165, 1.54) is 12.1 Å². The first-order valence-electron chi connectivity index (χ1n) is 8.75. The lowest BCUT2D eigenvalue weighted by molar-refractivity contribution is -0.137. The van der Waals surface area contributed by atoms with Crippen LogP contribution in [0.4, 0.5) is 13.2 Å². The number of nitrogens with one attached hydrogen (secondary N) is 1. The topological polar surface area (TPSA) is 42.0 Å². The van der Waals surface area contributed by atoms with E-state index in [9.17, 15) is 18.0 Å². The molecule has 1 aliphatic rings. The van der Waals surface area contributed by atoms with Crippen LogP contribution in [0.15, 0.2) is 36.7 Å². The van der Waals surface area contributed by atoms with Crippen molar-refractivity contribution in [3.8, 4) is 11.1 Å². The summed E-state index contributed by atoms with van der Waals surface area (Å²) in [7, 11) is 0. The van der Waals surface area contributed by atoms with Gasteiger partial charge in [0.05, 0.1) is 11.6 Å². The summed E-state index contributed by atoms with van der Waals surface area (Å²) >= 11 is 0. The van der Waals surface area contributed by atoms with Crippen LogP contribution in [-0.2, 0) is 17.4 Å². The molecular weight excluding hydrogens is 341 g/mol. The van der Waals surface area contributed by atoms with E-state index in [1.54, 1.807) is 19.3 Å². The Hall–Kier alpha value is -2.37. The highest BCUT2D eigenvalue weighted by Gasteiger charge is 2.31. The molecule has 0 saturated heterocycles. The maximum atomic E-state index is 12.8. The van der Waals surface area contributed by atoms with Crippen LogP contribution < -0.4 is 5.32 Å². The maximum absolute atomic E-state index is 12.8. The van der Waals surface area contributed by atoms with E-state index in [-0.39, 0.29) is 17.9 Å². The molecule has 2 aromatic rings. The average molecular weight is 362 g/mol. The number of nitrogens with zero attached hydrogens (tertiary/aromatic N) is 1. The number of halogens is 3. The number of carbonyl (C=O) groups excluding carboxylic acids is 1. The third-order valence-electron chi connectivity index (χ3n) is 5.01. The lowest BCUT2D eigenvalue weighted by atomic mass is 9.79. The number of pyridine rings is 1. The molecular formula is C20H21F3N2O. The zero-order chi connectivity index (χ0) is 18.9. The van der Waals surface area contributed by atoms with Crippen LogP contribution in [0.25, 0.3) is 11.1 Å². The maximum Gasteiger partial charge on any atom is 0.416 e. The lowest BCUT2D eigenvalue weighted by Crippen LogP contribution is -2.35. The molecule has 0 radical (unpaired) electrons. The number of hydrogen-bond donors (Lipinski definition) is 1. The summed E-state index contributed by atoms with van der Waals surface area (Å²) in [6.07, 6.45) is 1.23. The number of aromatic nitrogens is 1. The summed E-state index contributed by atoms with van der Waals surface area (Å²) in [6, 6.07) is 5.04. The molecule has 0 aliphatic heterocycles. The van der Waals surface area contributed by atoms with Crippen molar-refractivity contribution in [2.24, 2.45) is 5.92 Å². The van der Waals surface area contributed by atoms with E-state index in [0.29, 0.717) is 12.0 Å². The Balaban J connectivity index is 2.00.